The molecular formula is C26H19N3O4S3. The lowest BCUT2D eigenvalue weighted by Crippen LogP contribution is -2.17. The molecule has 10 heteroatoms. The Hall–Kier alpha value is -3.70. The minimum atomic E-state index is -0.762. The number of anilines is 1. The van der Waals surface area contributed by atoms with Crippen LogP contribution in [0.4, 0.5) is 10.5 Å². The van der Waals surface area contributed by atoms with Gasteiger partial charge in [-0.25, -0.2) is 4.79 Å². The highest BCUT2D eigenvalue weighted by Crippen LogP contribution is 2.52. The van der Waals surface area contributed by atoms with Crippen molar-refractivity contribution in [2.75, 3.05) is 5.32 Å². The molecule has 180 valence electrons. The van der Waals surface area contributed by atoms with Gasteiger partial charge in [0.2, 0.25) is 0 Å². The molecule has 1 aliphatic carbocycles. The second-order valence-electron chi connectivity index (χ2n) is 8.46. The van der Waals surface area contributed by atoms with E-state index in [4.69, 9.17) is 4.74 Å². The topological polar surface area (TPSA) is 112 Å². The van der Waals surface area contributed by atoms with Crippen molar-refractivity contribution in [3.05, 3.63) is 67.9 Å². The van der Waals surface area contributed by atoms with Crippen LogP contribution in [-0.2, 0) is 14.9 Å². The lowest BCUT2D eigenvalue weighted by molar-refractivity contribution is -0.139. The molecular weight excluding hydrogens is 515 g/mol. The number of aromatic nitrogens is 1. The first-order valence-electron chi connectivity index (χ1n) is 11.0. The summed E-state index contributed by atoms with van der Waals surface area (Å²) in [5, 5.41) is 21.6. The number of hydrogen-bond donors (Lipinski definition) is 2. The van der Waals surface area contributed by atoms with E-state index < -0.39 is 23.6 Å². The fraction of sp³-hybridized carbons (Fsp3) is 0.231. The molecule has 0 saturated heterocycles. The van der Waals surface area contributed by atoms with Crippen LogP contribution in [0.3, 0.4) is 0 Å². The number of carbonyl (C=O) groups is 2. The number of thiophene rings is 2. The molecule has 1 aliphatic rings. The van der Waals surface area contributed by atoms with Crippen molar-refractivity contribution >= 4 is 61.4 Å². The number of aliphatic carboxylic acids is 1. The first-order valence-corrected chi connectivity index (χ1v) is 13.4. The predicted molar refractivity (Wildman–Crippen MR) is 141 cm³/mol. The standard InChI is InChI=1S/C26H19N3O4S3/c1-14-5-3-4-6-17(14)15(2)33-25(32)28-23-18(13-27)29-36-19(23)8-7-16-11-20-21(34-16)12-22(35-20)26(9-10-26)24(30)31/h3-6,11-12,15H,9-10H2,1-2H3,(H,28,32)(H,30,31). The van der Waals surface area contributed by atoms with Crippen molar-refractivity contribution in [1.29, 1.82) is 5.26 Å². The lowest BCUT2D eigenvalue weighted by atomic mass is 10.1. The molecule has 4 aromatic rings. The van der Waals surface area contributed by atoms with Crippen LogP contribution in [-0.4, -0.2) is 21.5 Å². The molecule has 36 heavy (non-hydrogen) atoms. The maximum atomic E-state index is 12.6. The van der Waals surface area contributed by atoms with Gasteiger partial charge in [-0.2, -0.15) is 9.64 Å². The maximum Gasteiger partial charge on any atom is 0.412 e. The van der Waals surface area contributed by atoms with E-state index in [1.54, 1.807) is 6.92 Å². The van der Waals surface area contributed by atoms with Crippen LogP contribution in [0.2, 0.25) is 0 Å². The van der Waals surface area contributed by atoms with Gasteiger partial charge >= 0.3 is 12.1 Å². The average Bonchev–Trinajstić information content (AvgIpc) is 3.23. The molecule has 0 spiro atoms. The third kappa shape index (κ3) is 4.47. The molecule has 1 unspecified atom stereocenters. The zero-order valence-corrected chi connectivity index (χ0v) is 21.7. The Morgan fingerprint density at radius 2 is 1.94 bits per heavy atom. The van der Waals surface area contributed by atoms with Crippen LogP contribution in [0.15, 0.2) is 36.4 Å². The number of nitriles is 1. The van der Waals surface area contributed by atoms with Gasteiger partial charge in [-0.1, -0.05) is 24.3 Å². The summed E-state index contributed by atoms with van der Waals surface area (Å²) in [4.78, 5) is 26.4. The predicted octanol–water partition coefficient (Wildman–Crippen LogP) is 6.43. The summed E-state index contributed by atoms with van der Waals surface area (Å²) in [7, 11) is 0. The van der Waals surface area contributed by atoms with Crippen molar-refractivity contribution < 1.29 is 19.4 Å². The number of ether oxygens (including phenoxy) is 1. The molecule has 7 nitrogen and oxygen atoms in total. The van der Waals surface area contributed by atoms with Crippen LogP contribution < -0.4 is 5.32 Å². The molecule has 2 N–H and O–H groups in total. The number of fused-ring (bicyclic) bond motifs is 1. The highest BCUT2D eigenvalue weighted by molar-refractivity contribution is 7.28. The molecule has 1 saturated carbocycles. The number of carboxylic acid groups (broad SMARTS) is 1. The summed E-state index contributed by atoms with van der Waals surface area (Å²) in [5.74, 6) is 5.34. The van der Waals surface area contributed by atoms with Gasteiger partial charge < -0.3 is 9.84 Å². The normalized spacial score (nSPS) is 14.4. The number of aryl methyl sites for hydroxylation is 1. The molecule has 5 rings (SSSR count). The second kappa shape index (κ2) is 9.40. The average molecular weight is 534 g/mol. The van der Waals surface area contributed by atoms with Gasteiger partial charge in [-0.15, -0.1) is 22.7 Å². The first-order chi connectivity index (χ1) is 17.3. The number of carboxylic acids is 1. The number of carbonyl (C=O) groups excluding carboxylic acids is 1. The SMILES string of the molecule is Cc1ccccc1C(C)OC(=O)Nc1c(C#N)nsc1C#Cc1cc2sc(C3(C(=O)O)CC3)cc2s1. The van der Waals surface area contributed by atoms with Gasteiger partial charge in [0, 0.05) is 14.3 Å². The van der Waals surface area contributed by atoms with Gasteiger partial charge in [0.05, 0.1) is 4.88 Å². The van der Waals surface area contributed by atoms with Crippen LogP contribution in [0.25, 0.3) is 9.40 Å². The third-order valence-electron chi connectivity index (χ3n) is 6.07. The lowest BCUT2D eigenvalue weighted by Gasteiger charge is -2.16. The second-order valence-corrected chi connectivity index (χ2v) is 11.4. The van der Waals surface area contributed by atoms with Crippen molar-refractivity contribution in [1.82, 2.24) is 4.37 Å². The Kier molecular flexibility index (Phi) is 6.27. The highest BCUT2D eigenvalue weighted by Gasteiger charge is 2.53. The van der Waals surface area contributed by atoms with Gasteiger partial charge in [-0.05, 0) is 73.3 Å². The Bertz CT molecular complexity index is 1580. The highest BCUT2D eigenvalue weighted by atomic mass is 32.1. The summed E-state index contributed by atoms with van der Waals surface area (Å²) in [5.41, 5.74) is 1.50. The zero-order valence-electron chi connectivity index (χ0n) is 19.2. The Labute approximate surface area is 219 Å². The molecule has 1 fully saturated rings. The van der Waals surface area contributed by atoms with Gasteiger partial charge in [0.1, 0.15) is 28.2 Å². The van der Waals surface area contributed by atoms with Gasteiger partial charge in [-0.3, -0.25) is 10.1 Å². The smallest absolute Gasteiger partial charge is 0.412 e. The summed E-state index contributed by atoms with van der Waals surface area (Å²) < 4.78 is 11.6. The molecule has 1 amide bonds. The third-order valence-corrected chi connectivity index (χ3v) is 9.25. The van der Waals surface area contributed by atoms with E-state index in [2.05, 4.69) is 21.5 Å². The maximum absolute atomic E-state index is 12.6. The number of nitrogens with zero attached hydrogens (tertiary/aromatic N) is 2. The van der Waals surface area contributed by atoms with E-state index >= 15 is 0 Å². The summed E-state index contributed by atoms with van der Waals surface area (Å²) in [6.07, 6.45) is 0.189. The zero-order chi connectivity index (χ0) is 25.4. The minimum absolute atomic E-state index is 0.0741. The van der Waals surface area contributed by atoms with E-state index in [0.717, 1.165) is 41.8 Å². The fourth-order valence-electron chi connectivity index (χ4n) is 3.91. The van der Waals surface area contributed by atoms with E-state index in [-0.39, 0.29) is 11.4 Å². The largest absolute Gasteiger partial charge is 0.481 e. The van der Waals surface area contributed by atoms with Gasteiger partial charge in [0.25, 0.3) is 0 Å². The minimum Gasteiger partial charge on any atom is -0.481 e. The van der Waals surface area contributed by atoms with E-state index in [9.17, 15) is 20.0 Å². The molecule has 0 bridgehead atoms. The Morgan fingerprint density at radius 3 is 2.61 bits per heavy atom. The Morgan fingerprint density at radius 1 is 1.19 bits per heavy atom. The fourth-order valence-corrected chi connectivity index (χ4v) is 7.05. The van der Waals surface area contributed by atoms with Crippen LogP contribution >= 0.6 is 34.2 Å². The summed E-state index contributed by atoms with van der Waals surface area (Å²) in [6, 6.07) is 13.5. The number of benzene rings is 1. The quantitative estimate of drug-likeness (QED) is 0.286. The van der Waals surface area contributed by atoms with E-state index in [1.165, 1.54) is 22.7 Å². The first kappa shape index (κ1) is 24.0. The van der Waals surface area contributed by atoms with Crippen molar-refractivity contribution in [3.8, 4) is 17.9 Å². The van der Waals surface area contributed by atoms with Crippen molar-refractivity contribution in [2.45, 2.75) is 38.2 Å². The van der Waals surface area contributed by atoms with Crippen molar-refractivity contribution in [2.24, 2.45) is 0 Å². The monoisotopic (exact) mass is 533 g/mol. The molecule has 3 aromatic heterocycles. The number of rotatable bonds is 5. The number of nitrogens with one attached hydrogen (secondary N) is 1. The summed E-state index contributed by atoms with van der Waals surface area (Å²) in [6.45, 7) is 3.73. The number of amides is 1. The summed E-state index contributed by atoms with van der Waals surface area (Å²) >= 11 is 4.01. The van der Waals surface area contributed by atoms with Crippen LogP contribution in [0.5, 0.6) is 0 Å². The molecule has 3 heterocycles. The van der Waals surface area contributed by atoms with E-state index in [1.807, 2.05) is 49.4 Å². The van der Waals surface area contributed by atoms with Crippen LogP contribution in [0, 0.1) is 30.1 Å². The number of hydrogen-bond acceptors (Lipinski definition) is 8. The molecule has 1 aromatic carbocycles. The molecule has 0 aliphatic heterocycles. The van der Waals surface area contributed by atoms with Gasteiger partial charge in [0.15, 0.2) is 5.69 Å². The van der Waals surface area contributed by atoms with Crippen LogP contribution in [0.1, 0.15) is 57.3 Å². The van der Waals surface area contributed by atoms with E-state index in [0.29, 0.717) is 17.7 Å². The Balaban J connectivity index is 1.33. The molecule has 0 radical (unpaired) electrons. The van der Waals surface area contributed by atoms with Crippen molar-refractivity contribution in [3.63, 3.8) is 0 Å². The molecule has 1 atom stereocenters.